The third-order valence-corrected chi connectivity index (χ3v) is 5.09. The van der Waals surface area contributed by atoms with Crippen molar-refractivity contribution in [2.24, 2.45) is 5.92 Å². The number of nitrogen functional groups attached to an aromatic ring is 1. The molecular weight excluding hydrogens is 260 g/mol. The number of rotatable bonds is 4. The Labute approximate surface area is 114 Å². The summed E-state index contributed by atoms with van der Waals surface area (Å²) in [4.78, 5) is 0.210. The fraction of sp³-hybridized carbons (Fsp3) is 0.429. The summed E-state index contributed by atoms with van der Waals surface area (Å²) in [6, 6.07) is 5.13. The Balaban J connectivity index is 2.12. The van der Waals surface area contributed by atoms with Gasteiger partial charge in [-0.2, -0.15) is 0 Å². The van der Waals surface area contributed by atoms with Crippen molar-refractivity contribution in [1.82, 2.24) is 4.72 Å². The van der Waals surface area contributed by atoms with Crippen molar-refractivity contribution in [3.63, 3.8) is 0 Å². The summed E-state index contributed by atoms with van der Waals surface area (Å²) < 4.78 is 27.3. The van der Waals surface area contributed by atoms with Gasteiger partial charge in [0, 0.05) is 6.54 Å². The molecule has 0 spiro atoms. The molecule has 0 heterocycles. The zero-order valence-electron chi connectivity index (χ0n) is 11.1. The minimum atomic E-state index is -3.52. The van der Waals surface area contributed by atoms with Gasteiger partial charge in [0.1, 0.15) is 4.90 Å². The number of nitrogens with two attached hydrogens (primary N) is 1. The van der Waals surface area contributed by atoms with Crippen molar-refractivity contribution in [3.8, 4) is 0 Å². The number of hydrogen-bond acceptors (Lipinski definition) is 3. The van der Waals surface area contributed by atoms with Crippen molar-refractivity contribution < 1.29 is 8.42 Å². The van der Waals surface area contributed by atoms with Gasteiger partial charge in [0.2, 0.25) is 10.0 Å². The molecule has 1 atom stereocenters. The Morgan fingerprint density at radius 3 is 2.79 bits per heavy atom. The minimum Gasteiger partial charge on any atom is -0.398 e. The van der Waals surface area contributed by atoms with Gasteiger partial charge in [0.25, 0.3) is 0 Å². The molecule has 0 fully saturated rings. The number of allylic oxidation sites excluding steroid dienone is 2. The Morgan fingerprint density at radius 1 is 1.37 bits per heavy atom. The van der Waals surface area contributed by atoms with Crippen molar-refractivity contribution in [3.05, 3.63) is 35.9 Å². The van der Waals surface area contributed by atoms with Crippen LogP contribution in [0.2, 0.25) is 0 Å². The van der Waals surface area contributed by atoms with E-state index in [1.165, 1.54) is 0 Å². The Hall–Kier alpha value is -1.33. The average Bonchev–Trinajstić information content (AvgIpc) is 2.37. The number of sulfonamides is 1. The van der Waals surface area contributed by atoms with E-state index >= 15 is 0 Å². The SMILES string of the molecule is Cc1cccc(N)c1S(=O)(=O)NCC1CC=CCC1. The maximum atomic E-state index is 12.3. The van der Waals surface area contributed by atoms with Crippen LogP contribution in [0.5, 0.6) is 0 Å². The van der Waals surface area contributed by atoms with Crippen LogP contribution >= 0.6 is 0 Å². The van der Waals surface area contributed by atoms with E-state index in [1.807, 2.05) is 0 Å². The van der Waals surface area contributed by atoms with Crippen LogP contribution in [0.3, 0.4) is 0 Å². The predicted molar refractivity (Wildman–Crippen MR) is 77.3 cm³/mol. The van der Waals surface area contributed by atoms with Gasteiger partial charge in [-0.3, -0.25) is 0 Å². The second-order valence-corrected chi connectivity index (χ2v) is 6.70. The van der Waals surface area contributed by atoms with Crippen LogP contribution in [0, 0.1) is 12.8 Å². The van der Waals surface area contributed by atoms with Gasteiger partial charge in [-0.25, -0.2) is 13.1 Å². The first-order chi connectivity index (χ1) is 9.00. The monoisotopic (exact) mass is 280 g/mol. The van der Waals surface area contributed by atoms with Gasteiger partial charge in [-0.05, 0) is 43.7 Å². The molecule has 0 bridgehead atoms. The normalized spacial score (nSPS) is 19.5. The van der Waals surface area contributed by atoms with Crippen molar-refractivity contribution in [1.29, 1.82) is 0 Å². The van der Waals surface area contributed by atoms with Crippen molar-refractivity contribution in [2.75, 3.05) is 12.3 Å². The molecule has 0 saturated carbocycles. The first kappa shape index (κ1) is 14.1. The second-order valence-electron chi connectivity index (χ2n) is 5.00. The van der Waals surface area contributed by atoms with Crippen LogP contribution in [0.4, 0.5) is 5.69 Å². The summed E-state index contributed by atoms with van der Waals surface area (Å²) >= 11 is 0. The summed E-state index contributed by atoms with van der Waals surface area (Å²) in [5.41, 5.74) is 6.76. The highest BCUT2D eigenvalue weighted by Crippen LogP contribution is 2.23. The third kappa shape index (κ3) is 3.36. The molecule has 19 heavy (non-hydrogen) atoms. The molecule has 0 aromatic heterocycles. The maximum absolute atomic E-state index is 12.3. The molecule has 1 aliphatic rings. The van der Waals surface area contributed by atoms with Crippen LogP contribution < -0.4 is 10.5 Å². The molecule has 0 aliphatic heterocycles. The lowest BCUT2D eigenvalue weighted by Crippen LogP contribution is -2.30. The van der Waals surface area contributed by atoms with Gasteiger partial charge in [-0.15, -0.1) is 0 Å². The molecule has 0 amide bonds. The molecular formula is C14H20N2O2S. The molecule has 1 aromatic carbocycles. The lowest BCUT2D eigenvalue weighted by molar-refractivity contribution is 0.468. The second kappa shape index (κ2) is 5.75. The topological polar surface area (TPSA) is 72.2 Å². The van der Waals surface area contributed by atoms with E-state index in [0.717, 1.165) is 19.3 Å². The lowest BCUT2D eigenvalue weighted by atomic mass is 9.95. The Morgan fingerprint density at radius 2 is 2.16 bits per heavy atom. The number of anilines is 1. The van der Waals surface area contributed by atoms with Crippen LogP contribution in [0.1, 0.15) is 24.8 Å². The molecule has 104 valence electrons. The zero-order valence-corrected chi connectivity index (χ0v) is 11.9. The van der Waals surface area contributed by atoms with E-state index < -0.39 is 10.0 Å². The number of nitrogens with one attached hydrogen (secondary N) is 1. The van der Waals surface area contributed by atoms with Gasteiger partial charge in [0.15, 0.2) is 0 Å². The molecule has 1 aromatic rings. The number of hydrogen-bond donors (Lipinski definition) is 2. The fourth-order valence-corrected chi connectivity index (χ4v) is 3.85. The molecule has 5 heteroatoms. The Kier molecular flexibility index (Phi) is 4.27. The molecule has 0 saturated heterocycles. The maximum Gasteiger partial charge on any atom is 0.242 e. The molecule has 0 radical (unpaired) electrons. The number of benzene rings is 1. The zero-order chi connectivity index (χ0) is 13.9. The summed E-state index contributed by atoms with van der Waals surface area (Å²) in [5.74, 6) is 0.380. The van der Waals surface area contributed by atoms with Gasteiger partial charge < -0.3 is 5.73 Å². The van der Waals surface area contributed by atoms with Gasteiger partial charge in [-0.1, -0.05) is 24.3 Å². The summed E-state index contributed by atoms with van der Waals surface area (Å²) in [7, 11) is -3.52. The minimum absolute atomic E-state index is 0.210. The van der Waals surface area contributed by atoms with Gasteiger partial charge >= 0.3 is 0 Å². The van der Waals surface area contributed by atoms with Crippen LogP contribution in [0.25, 0.3) is 0 Å². The average molecular weight is 280 g/mol. The molecule has 1 aliphatic carbocycles. The van der Waals surface area contributed by atoms with E-state index in [9.17, 15) is 8.42 Å². The predicted octanol–water partition coefficient (Wildman–Crippen LogP) is 2.21. The molecule has 1 unspecified atom stereocenters. The molecule has 3 N–H and O–H groups in total. The highest BCUT2D eigenvalue weighted by atomic mass is 32.2. The summed E-state index contributed by atoms with van der Waals surface area (Å²) in [6.45, 7) is 2.23. The van der Waals surface area contributed by atoms with Crippen LogP contribution in [-0.2, 0) is 10.0 Å². The summed E-state index contributed by atoms with van der Waals surface area (Å²) in [6.07, 6.45) is 7.25. The van der Waals surface area contributed by atoms with Crippen molar-refractivity contribution in [2.45, 2.75) is 31.1 Å². The quantitative estimate of drug-likeness (QED) is 0.656. The van der Waals surface area contributed by atoms with E-state index in [-0.39, 0.29) is 4.90 Å². The highest BCUT2D eigenvalue weighted by Gasteiger charge is 2.21. The van der Waals surface area contributed by atoms with Crippen LogP contribution in [-0.4, -0.2) is 15.0 Å². The van der Waals surface area contributed by atoms with E-state index in [2.05, 4.69) is 16.9 Å². The molecule has 2 rings (SSSR count). The first-order valence-electron chi connectivity index (χ1n) is 6.50. The Bertz CT molecular complexity index is 559. The third-order valence-electron chi connectivity index (χ3n) is 3.45. The fourth-order valence-electron chi connectivity index (χ4n) is 2.38. The largest absolute Gasteiger partial charge is 0.398 e. The van der Waals surface area contributed by atoms with E-state index in [1.54, 1.807) is 25.1 Å². The highest BCUT2D eigenvalue weighted by molar-refractivity contribution is 7.89. The standard InChI is InChI=1S/C14H20N2O2S/c1-11-6-5-9-13(15)14(11)19(17,18)16-10-12-7-3-2-4-8-12/h2-3,5-6,9,12,16H,4,7-8,10,15H2,1H3. The van der Waals surface area contributed by atoms with E-state index in [4.69, 9.17) is 5.73 Å². The molecule has 4 nitrogen and oxygen atoms in total. The van der Waals surface area contributed by atoms with Crippen molar-refractivity contribution >= 4 is 15.7 Å². The van der Waals surface area contributed by atoms with Crippen LogP contribution in [0.15, 0.2) is 35.2 Å². The summed E-state index contributed by atoms with van der Waals surface area (Å²) in [5, 5.41) is 0. The first-order valence-corrected chi connectivity index (χ1v) is 7.99. The lowest BCUT2D eigenvalue weighted by Gasteiger charge is -2.19. The van der Waals surface area contributed by atoms with Gasteiger partial charge in [0.05, 0.1) is 5.69 Å². The van der Waals surface area contributed by atoms with E-state index in [0.29, 0.717) is 23.7 Å². The number of aryl methyl sites for hydroxylation is 1. The smallest absolute Gasteiger partial charge is 0.242 e.